The van der Waals surface area contributed by atoms with Gasteiger partial charge >= 0.3 is 0 Å². The van der Waals surface area contributed by atoms with Crippen molar-refractivity contribution in [2.24, 2.45) is 0 Å². The molecule has 0 amide bonds. The van der Waals surface area contributed by atoms with Crippen LogP contribution in [-0.2, 0) is 13.1 Å². The maximum absolute atomic E-state index is 5.91. The van der Waals surface area contributed by atoms with Gasteiger partial charge in [0.15, 0.2) is 4.47 Å². The molecule has 1 aromatic carbocycles. The van der Waals surface area contributed by atoms with E-state index in [0.29, 0.717) is 10.5 Å². The van der Waals surface area contributed by atoms with Crippen molar-refractivity contribution < 1.29 is 0 Å². The first-order valence-electron chi connectivity index (χ1n) is 8.19. The van der Waals surface area contributed by atoms with Gasteiger partial charge in [0.05, 0.1) is 0 Å². The second-order valence-corrected chi connectivity index (χ2v) is 8.13. The molecule has 124 valence electrons. The molecule has 1 saturated heterocycles. The van der Waals surface area contributed by atoms with Crippen molar-refractivity contribution in [1.82, 2.24) is 14.8 Å². The van der Waals surface area contributed by atoms with Gasteiger partial charge in [-0.05, 0) is 37.9 Å². The fourth-order valence-electron chi connectivity index (χ4n) is 3.28. The van der Waals surface area contributed by atoms with Crippen molar-refractivity contribution in [2.45, 2.75) is 38.9 Å². The highest BCUT2D eigenvalue weighted by atomic mass is 35.5. The van der Waals surface area contributed by atoms with Crippen LogP contribution < -0.4 is 0 Å². The lowest BCUT2D eigenvalue weighted by Crippen LogP contribution is -2.42. The predicted octanol–water partition coefficient (Wildman–Crippen LogP) is 4.20. The van der Waals surface area contributed by atoms with Crippen LogP contribution in [0.3, 0.4) is 0 Å². The van der Waals surface area contributed by atoms with E-state index < -0.39 is 0 Å². The van der Waals surface area contributed by atoms with Crippen molar-refractivity contribution in [3.05, 3.63) is 50.9 Å². The Morgan fingerprint density at radius 3 is 2.70 bits per heavy atom. The number of aromatic nitrogens is 1. The van der Waals surface area contributed by atoms with Crippen molar-refractivity contribution in [3.63, 3.8) is 0 Å². The van der Waals surface area contributed by atoms with Gasteiger partial charge < -0.3 is 0 Å². The van der Waals surface area contributed by atoms with Gasteiger partial charge in [0.25, 0.3) is 0 Å². The summed E-state index contributed by atoms with van der Waals surface area (Å²) in [6, 6.07) is 9.37. The summed E-state index contributed by atoms with van der Waals surface area (Å²) >= 11 is 7.51. The molecule has 1 aromatic heterocycles. The number of thiazole rings is 1. The zero-order valence-electron chi connectivity index (χ0n) is 13.8. The highest BCUT2D eigenvalue weighted by molar-refractivity contribution is 7.15. The Hall–Kier alpha value is -0.940. The lowest BCUT2D eigenvalue weighted by molar-refractivity contribution is 0.119. The number of nitrogens with zero attached hydrogens (tertiary/aromatic N) is 3. The van der Waals surface area contributed by atoms with E-state index in [2.05, 4.69) is 53.0 Å². The molecule has 0 atom stereocenters. The Kier molecular flexibility index (Phi) is 5.70. The molecule has 1 aliphatic rings. The first-order valence-corrected chi connectivity index (χ1v) is 9.38. The van der Waals surface area contributed by atoms with Gasteiger partial charge in [-0.1, -0.05) is 35.9 Å². The zero-order valence-corrected chi connectivity index (χ0v) is 15.4. The van der Waals surface area contributed by atoms with Gasteiger partial charge in [-0.25, -0.2) is 4.98 Å². The average Bonchev–Trinajstić information content (AvgIpc) is 2.95. The molecule has 5 heteroatoms. The minimum atomic E-state index is 0.646. The van der Waals surface area contributed by atoms with E-state index in [1.165, 1.54) is 28.8 Å². The third kappa shape index (κ3) is 4.54. The van der Waals surface area contributed by atoms with Crippen LogP contribution in [0.15, 0.2) is 30.5 Å². The van der Waals surface area contributed by atoms with E-state index in [9.17, 15) is 0 Å². The van der Waals surface area contributed by atoms with Crippen LogP contribution in [0.2, 0.25) is 4.47 Å². The van der Waals surface area contributed by atoms with Crippen molar-refractivity contribution in [1.29, 1.82) is 0 Å². The van der Waals surface area contributed by atoms with Crippen LogP contribution in [0.25, 0.3) is 0 Å². The van der Waals surface area contributed by atoms with Crippen LogP contribution in [0.4, 0.5) is 0 Å². The monoisotopic (exact) mass is 349 g/mol. The van der Waals surface area contributed by atoms with Crippen LogP contribution in [-0.4, -0.2) is 41.0 Å². The summed E-state index contributed by atoms with van der Waals surface area (Å²) in [5.74, 6) is 0. The molecule has 0 N–H and O–H groups in total. The van der Waals surface area contributed by atoms with Gasteiger partial charge in [0.2, 0.25) is 0 Å². The molecule has 2 heterocycles. The maximum atomic E-state index is 5.91. The Labute approximate surface area is 147 Å². The molecule has 0 spiro atoms. The number of likely N-dealkylation sites (tertiary alicyclic amines) is 1. The topological polar surface area (TPSA) is 19.4 Å². The summed E-state index contributed by atoms with van der Waals surface area (Å²) in [4.78, 5) is 10.4. The largest absolute Gasteiger partial charge is 0.299 e. The van der Waals surface area contributed by atoms with Crippen molar-refractivity contribution in [2.75, 3.05) is 20.1 Å². The molecule has 0 saturated carbocycles. The lowest BCUT2D eigenvalue weighted by Gasteiger charge is -2.36. The predicted molar refractivity (Wildman–Crippen MR) is 98.1 cm³/mol. The second-order valence-electron chi connectivity index (χ2n) is 6.43. The number of halogens is 1. The molecule has 1 aliphatic heterocycles. The quantitative estimate of drug-likeness (QED) is 0.806. The summed E-state index contributed by atoms with van der Waals surface area (Å²) in [7, 11) is 2.26. The van der Waals surface area contributed by atoms with Crippen molar-refractivity contribution >= 4 is 22.9 Å². The Balaban J connectivity index is 1.49. The van der Waals surface area contributed by atoms with Crippen LogP contribution in [0.5, 0.6) is 0 Å². The molecule has 3 rings (SSSR count). The fraction of sp³-hybridized carbons (Fsp3) is 0.500. The second kappa shape index (κ2) is 7.75. The van der Waals surface area contributed by atoms with E-state index >= 15 is 0 Å². The minimum Gasteiger partial charge on any atom is -0.299 e. The summed E-state index contributed by atoms with van der Waals surface area (Å²) in [6.07, 6.45) is 4.37. The van der Waals surface area contributed by atoms with Crippen molar-refractivity contribution in [3.8, 4) is 0 Å². The Bertz CT molecular complexity index is 635. The van der Waals surface area contributed by atoms with Gasteiger partial charge in [-0.2, -0.15) is 0 Å². The molecule has 1 fully saturated rings. The van der Waals surface area contributed by atoms with E-state index in [1.807, 2.05) is 6.20 Å². The van der Waals surface area contributed by atoms with Crippen LogP contribution in [0.1, 0.15) is 28.8 Å². The molecule has 0 unspecified atom stereocenters. The molecule has 0 aliphatic carbocycles. The summed E-state index contributed by atoms with van der Waals surface area (Å²) in [5, 5.41) is 0. The number of hydrogen-bond donors (Lipinski definition) is 0. The van der Waals surface area contributed by atoms with Gasteiger partial charge in [-0.3, -0.25) is 9.80 Å². The standard InChI is InChI=1S/C18H24ClN3S/c1-14-5-3-4-6-15(14)12-21(2)16-7-9-22(10-8-16)13-17-11-20-18(19)23-17/h3-6,11,16H,7-10,12-13H2,1-2H3. The SMILES string of the molecule is Cc1ccccc1CN(C)C1CCN(Cc2cnc(Cl)s2)CC1. The fourth-order valence-corrected chi connectivity index (χ4v) is 4.30. The third-order valence-electron chi connectivity index (χ3n) is 4.77. The zero-order chi connectivity index (χ0) is 16.2. The lowest BCUT2D eigenvalue weighted by atomic mass is 10.0. The maximum Gasteiger partial charge on any atom is 0.183 e. The molecule has 0 radical (unpaired) electrons. The smallest absolute Gasteiger partial charge is 0.183 e. The molecular weight excluding hydrogens is 326 g/mol. The first kappa shape index (κ1) is 16.9. The van der Waals surface area contributed by atoms with Crippen LogP contribution >= 0.6 is 22.9 Å². The number of aryl methyl sites for hydroxylation is 1. The number of hydrogen-bond acceptors (Lipinski definition) is 4. The normalized spacial score (nSPS) is 17.0. The van der Waals surface area contributed by atoms with Gasteiger partial charge in [-0.15, -0.1) is 11.3 Å². The summed E-state index contributed by atoms with van der Waals surface area (Å²) in [5.41, 5.74) is 2.83. The molecular formula is C18H24ClN3S. The summed E-state index contributed by atoms with van der Waals surface area (Å²) < 4.78 is 0.646. The average molecular weight is 350 g/mol. The minimum absolute atomic E-state index is 0.646. The van der Waals surface area contributed by atoms with E-state index in [1.54, 1.807) is 11.3 Å². The highest BCUT2D eigenvalue weighted by Crippen LogP contribution is 2.23. The highest BCUT2D eigenvalue weighted by Gasteiger charge is 2.23. The number of piperidine rings is 1. The Morgan fingerprint density at radius 2 is 2.04 bits per heavy atom. The van der Waals surface area contributed by atoms with E-state index in [4.69, 9.17) is 11.6 Å². The number of rotatable bonds is 5. The van der Waals surface area contributed by atoms with E-state index in [0.717, 1.165) is 26.2 Å². The van der Waals surface area contributed by atoms with Gasteiger partial charge in [0.1, 0.15) is 0 Å². The molecule has 0 bridgehead atoms. The molecule has 2 aromatic rings. The first-order chi connectivity index (χ1) is 11.1. The molecule has 23 heavy (non-hydrogen) atoms. The molecule has 3 nitrogen and oxygen atoms in total. The number of benzene rings is 1. The summed E-state index contributed by atoms with van der Waals surface area (Å²) in [6.45, 7) is 6.53. The third-order valence-corrected chi connectivity index (χ3v) is 5.87. The van der Waals surface area contributed by atoms with Gasteiger partial charge in [0, 0.05) is 43.3 Å². The van der Waals surface area contributed by atoms with E-state index in [-0.39, 0.29) is 0 Å². The van der Waals surface area contributed by atoms with Crippen LogP contribution in [0, 0.1) is 6.92 Å². The Morgan fingerprint density at radius 1 is 1.30 bits per heavy atom.